The van der Waals surface area contributed by atoms with Crippen LogP contribution in [0.2, 0.25) is 0 Å². The average molecular weight is 292 g/mol. The zero-order valence-electron chi connectivity index (χ0n) is 10.2. The average Bonchev–Trinajstić information content (AvgIpc) is 2.83. The van der Waals surface area contributed by atoms with Crippen LogP contribution in [0.1, 0.15) is 15.2 Å². The second kappa shape index (κ2) is 6.28. The molecule has 0 radical (unpaired) electrons. The van der Waals surface area contributed by atoms with Gasteiger partial charge in [-0.2, -0.15) is 0 Å². The van der Waals surface area contributed by atoms with Gasteiger partial charge >= 0.3 is 0 Å². The van der Waals surface area contributed by atoms with Gasteiger partial charge in [-0.25, -0.2) is 8.78 Å². The van der Waals surface area contributed by atoms with Crippen molar-refractivity contribution in [3.63, 3.8) is 0 Å². The molecule has 1 amide bonds. The van der Waals surface area contributed by atoms with E-state index in [-0.39, 0.29) is 12.2 Å². The molecule has 6 heteroatoms. The van der Waals surface area contributed by atoms with E-state index in [0.29, 0.717) is 10.4 Å². The van der Waals surface area contributed by atoms with E-state index in [1.165, 1.54) is 11.3 Å². The molecule has 102 valence electrons. The first-order chi connectivity index (χ1) is 9.60. The van der Waals surface area contributed by atoms with Crippen molar-refractivity contribution >= 4 is 22.9 Å². The van der Waals surface area contributed by atoms with E-state index in [1.54, 1.807) is 11.4 Å². The fraction of sp³-hybridized carbons (Fsp3) is 0.0714. The molecule has 0 atom stereocenters. The van der Waals surface area contributed by atoms with Crippen LogP contribution in [0.4, 0.5) is 14.5 Å². The Morgan fingerprint density at radius 1 is 1.30 bits per heavy atom. The summed E-state index contributed by atoms with van der Waals surface area (Å²) in [6.45, 7) is 0.187. The van der Waals surface area contributed by atoms with E-state index in [0.717, 1.165) is 18.2 Å². The lowest BCUT2D eigenvalue weighted by Crippen LogP contribution is -2.12. The highest BCUT2D eigenvalue weighted by Gasteiger charge is 2.13. The number of benzene rings is 1. The van der Waals surface area contributed by atoms with Gasteiger partial charge in [0, 0.05) is 17.3 Å². The number of anilines is 1. The number of hydrogen-bond acceptors (Lipinski definition) is 3. The molecule has 0 aliphatic rings. The molecule has 0 fully saturated rings. The Kier molecular flexibility index (Phi) is 4.45. The number of hydrogen-bond donors (Lipinski definition) is 2. The maximum atomic E-state index is 13.0. The van der Waals surface area contributed by atoms with Crippen LogP contribution in [0.5, 0.6) is 0 Å². The van der Waals surface area contributed by atoms with Crippen LogP contribution in [0, 0.1) is 23.5 Å². The first-order valence-corrected chi connectivity index (χ1v) is 6.52. The molecule has 1 heterocycles. The number of halogens is 2. The molecule has 1 aromatic carbocycles. The molecule has 3 nitrogen and oxygen atoms in total. The number of carbonyl (C=O) groups excluding carboxylic acids is 1. The van der Waals surface area contributed by atoms with Crippen LogP contribution < -0.4 is 11.1 Å². The van der Waals surface area contributed by atoms with Gasteiger partial charge < -0.3 is 11.1 Å². The quantitative estimate of drug-likeness (QED) is 0.836. The highest BCUT2D eigenvalue weighted by atomic mass is 32.1. The number of nitrogens with two attached hydrogens (primary N) is 1. The van der Waals surface area contributed by atoms with Gasteiger partial charge in [-0.1, -0.05) is 11.8 Å². The van der Waals surface area contributed by atoms with Crippen molar-refractivity contribution in [2.24, 2.45) is 5.73 Å². The molecule has 0 spiro atoms. The topological polar surface area (TPSA) is 55.1 Å². The van der Waals surface area contributed by atoms with Crippen LogP contribution >= 0.6 is 11.3 Å². The normalized spacial score (nSPS) is 9.75. The van der Waals surface area contributed by atoms with Crippen molar-refractivity contribution in [2.75, 3.05) is 11.9 Å². The fourth-order valence-corrected chi connectivity index (χ4v) is 2.29. The molecule has 0 saturated heterocycles. The molecule has 2 aromatic rings. The zero-order valence-corrected chi connectivity index (χ0v) is 11.1. The lowest BCUT2D eigenvalue weighted by molar-refractivity contribution is 0.103. The monoisotopic (exact) mass is 292 g/mol. The molecule has 0 saturated carbocycles. The van der Waals surface area contributed by atoms with Crippen molar-refractivity contribution in [2.45, 2.75) is 0 Å². The maximum Gasteiger partial charge on any atom is 0.267 e. The van der Waals surface area contributed by atoms with E-state index < -0.39 is 17.5 Å². The minimum Gasteiger partial charge on any atom is -0.321 e. The van der Waals surface area contributed by atoms with Crippen molar-refractivity contribution < 1.29 is 13.6 Å². The van der Waals surface area contributed by atoms with Crippen molar-refractivity contribution in [1.29, 1.82) is 0 Å². The first-order valence-electron chi connectivity index (χ1n) is 5.64. The second-order valence-corrected chi connectivity index (χ2v) is 4.70. The number of thiophene rings is 1. The van der Waals surface area contributed by atoms with Crippen molar-refractivity contribution in [3.8, 4) is 11.8 Å². The standard InChI is InChI=1S/C14H10F2N2OS/c15-10-6-11(16)8-12(7-10)18-14(19)13-9(2-1-4-17)3-5-20-13/h3,5-8H,4,17H2,(H,18,19). The van der Waals surface area contributed by atoms with Crippen LogP contribution in [-0.4, -0.2) is 12.5 Å². The summed E-state index contributed by atoms with van der Waals surface area (Å²) in [7, 11) is 0. The van der Waals surface area contributed by atoms with Gasteiger partial charge in [0.25, 0.3) is 5.91 Å². The smallest absolute Gasteiger partial charge is 0.267 e. The molecule has 1 aromatic heterocycles. The van der Waals surface area contributed by atoms with E-state index in [9.17, 15) is 13.6 Å². The Bertz CT molecular complexity index is 680. The third-order valence-electron chi connectivity index (χ3n) is 2.32. The first kappa shape index (κ1) is 14.2. The molecule has 2 rings (SSSR count). The van der Waals surface area contributed by atoms with Gasteiger partial charge in [0.15, 0.2) is 0 Å². The lowest BCUT2D eigenvalue weighted by Gasteiger charge is -2.04. The fourth-order valence-electron chi connectivity index (χ4n) is 1.54. The van der Waals surface area contributed by atoms with Gasteiger partial charge in [-0.15, -0.1) is 11.3 Å². The second-order valence-electron chi connectivity index (χ2n) is 3.78. The Labute approximate surface area is 118 Å². The summed E-state index contributed by atoms with van der Waals surface area (Å²) >= 11 is 1.19. The van der Waals surface area contributed by atoms with Crippen LogP contribution in [0.3, 0.4) is 0 Å². The van der Waals surface area contributed by atoms with Crippen LogP contribution in [0.15, 0.2) is 29.6 Å². The van der Waals surface area contributed by atoms with E-state index in [2.05, 4.69) is 17.2 Å². The van der Waals surface area contributed by atoms with Gasteiger partial charge in [0.05, 0.1) is 6.54 Å². The van der Waals surface area contributed by atoms with Gasteiger partial charge in [0.1, 0.15) is 16.5 Å². The molecule has 0 unspecified atom stereocenters. The number of rotatable bonds is 2. The Hall–Kier alpha value is -2.23. The highest BCUT2D eigenvalue weighted by Crippen LogP contribution is 2.19. The van der Waals surface area contributed by atoms with Gasteiger partial charge in [0.2, 0.25) is 0 Å². The summed E-state index contributed by atoms with van der Waals surface area (Å²) in [5.74, 6) is 3.44. The summed E-state index contributed by atoms with van der Waals surface area (Å²) < 4.78 is 26.1. The predicted octanol–water partition coefficient (Wildman–Crippen LogP) is 2.59. The zero-order chi connectivity index (χ0) is 14.5. The molecule has 0 bridgehead atoms. The number of nitrogens with one attached hydrogen (secondary N) is 1. The molecular weight excluding hydrogens is 282 g/mol. The minimum absolute atomic E-state index is 0.0543. The lowest BCUT2D eigenvalue weighted by atomic mass is 10.2. The van der Waals surface area contributed by atoms with E-state index in [1.807, 2.05) is 0 Å². The van der Waals surface area contributed by atoms with Crippen LogP contribution in [0.25, 0.3) is 0 Å². The predicted molar refractivity (Wildman–Crippen MR) is 74.6 cm³/mol. The van der Waals surface area contributed by atoms with Crippen molar-refractivity contribution in [3.05, 3.63) is 51.7 Å². The molecular formula is C14H10F2N2OS. The highest BCUT2D eigenvalue weighted by molar-refractivity contribution is 7.12. The minimum atomic E-state index is -0.755. The summed E-state index contributed by atoms with van der Waals surface area (Å²) in [4.78, 5) is 12.4. The van der Waals surface area contributed by atoms with E-state index >= 15 is 0 Å². The number of carbonyl (C=O) groups is 1. The maximum absolute atomic E-state index is 13.0. The summed E-state index contributed by atoms with van der Waals surface area (Å²) in [6, 6.07) is 4.51. The van der Waals surface area contributed by atoms with Gasteiger partial charge in [-0.05, 0) is 23.6 Å². The third-order valence-corrected chi connectivity index (χ3v) is 3.23. The molecule has 3 N–H and O–H groups in total. The largest absolute Gasteiger partial charge is 0.321 e. The SMILES string of the molecule is NCC#Cc1ccsc1C(=O)Nc1cc(F)cc(F)c1. The molecule has 0 aliphatic carbocycles. The third kappa shape index (κ3) is 3.41. The Morgan fingerprint density at radius 3 is 2.65 bits per heavy atom. The Morgan fingerprint density at radius 2 is 2.00 bits per heavy atom. The Balaban J connectivity index is 2.22. The van der Waals surface area contributed by atoms with Crippen molar-refractivity contribution in [1.82, 2.24) is 0 Å². The number of amides is 1. The summed E-state index contributed by atoms with van der Waals surface area (Å²) in [6.07, 6.45) is 0. The molecule has 0 aliphatic heterocycles. The summed E-state index contributed by atoms with van der Waals surface area (Å²) in [5.41, 5.74) is 5.87. The van der Waals surface area contributed by atoms with Gasteiger partial charge in [-0.3, -0.25) is 4.79 Å². The summed E-state index contributed by atoms with van der Waals surface area (Å²) in [5, 5.41) is 4.15. The van der Waals surface area contributed by atoms with Crippen LogP contribution in [-0.2, 0) is 0 Å². The van der Waals surface area contributed by atoms with E-state index in [4.69, 9.17) is 5.73 Å². The molecule has 20 heavy (non-hydrogen) atoms.